The lowest BCUT2D eigenvalue weighted by molar-refractivity contribution is 0.596. The summed E-state index contributed by atoms with van der Waals surface area (Å²) in [7, 11) is -2.80. The van der Waals surface area contributed by atoms with Crippen LogP contribution in [0.25, 0.3) is 0 Å². The van der Waals surface area contributed by atoms with Crippen LogP contribution in [0.1, 0.15) is 6.42 Å². The van der Waals surface area contributed by atoms with E-state index in [9.17, 15) is 8.42 Å². The zero-order valence-corrected chi connectivity index (χ0v) is 9.37. The summed E-state index contributed by atoms with van der Waals surface area (Å²) in [5.74, 6) is 0.768. The van der Waals surface area contributed by atoms with Crippen LogP contribution in [-0.2, 0) is 9.84 Å². The number of allylic oxidation sites excluding steroid dienone is 1. The highest BCUT2D eigenvalue weighted by atomic mass is 35.5. The molecule has 3 nitrogen and oxygen atoms in total. The Morgan fingerprint density at radius 2 is 2.08 bits per heavy atom. The summed E-state index contributed by atoms with van der Waals surface area (Å²) < 4.78 is 21.4. The summed E-state index contributed by atoms with van der Waals surface area (Å²) >= 11 is 5.41. The molecular weight excluding hydrogens is 210 g/mol. The third-order valence-corrected chi connectivity index (χ3v) is 2.60. The van der Waals surface area contributed by atoms with Crippen molar-refractivity contribution in [1.82, 2.24) is 5.32 Å². The summed E-state index contributed by atoms with van der Waals surface area (Å²) in [6.45, 7) is 1.47. The zero-order chi connectivity index (χ0) is 10.2. The highest BCUT2D eigenvalue weighted by Gasteiger charge is 1.99. The molecule has 0 aromatic rings. The van der Waals surface area contributed by atoms with Crippen molar-refractivity contribution in [2.24, 2.45) is 0 Å². The lowest BCUT2D eigenvalue weighted by Gasteiger charge is -1.99. The Balaban J connectivity index is 3.23. The molecule has 0 amide bonds. The molecule has 1 N–H and O–H groups in total. The summed E-state index contributed by atoms with van der Waals surface area (Å²) in [5.41, 5.74) is 0. The highest BCUT2D eigenvalue weighted by molar-refractivity contribution is 7.90. The third-order valence-electron chi connectivity index (χ3n) is 1.39. The van der Waals surface area contributed by atoms with Gasteiger partial charge in [0.2, 0.25) is 0 Å². The maximum absolute atomic E-state index is 10.7. The largest absolute Gasteiger partial charge is 0.313 e. The van der Waals surface area contributed by atoms with Crippen LogP contribution in [0.5, 0.6) is 0 Å². The number of rotatable bonds is 7. The predicted octanol–water partition coefficient (Wildman–Crippen LogP) is 0.806. The van der Waals surface area contributed by atoms with Crippen LogP contribution in [0.3, 0.4) is 0 Å². The van der Waals surface area contributed by atoms with Crippen molar-refractivity contribution >= 4 is 21.4 Å². The van der Waals surface area contributed by atoms with Crippen LogP contribution in [0.15, 0.2) is 12.2 Å². The third kappa shape index (κ3) is 11.9. The molecule has 78 valence electrons. The van der Waals surface area contributed by atoms with E-state index in [1.807, 2.05) is 12.2 Å². The van der Waals surface area contributed by atoms with E-state index in [-0.39, 0.29) is 5.75 Å². The van der Waals surface area contributed by atoms with Gasteiger partial charge in [0.15, 0.2) is 0 Å². The quantitative estimate of drug-likeness (QED) is 0.396. The van der Waals surface area contributed by atoms with Gasteiger partial charge in [0.1, 0.15) is 9.84 Å². The Morgan fingerprint density at radius 1 is 1.38 bits per heavy atom. The second-order valence-corrected chi connectivity index (χ2v) is 5.38. The van der Waals surface area contributed by atoms with Gasteiger partial charge in [-0.05, 0) is 13.0 Å². The number of halogens is 1. The van der Waals surface area contributed by atoms with E-state index in [4.69, 9.17) is 11.6 Å². The van der Waals surface area contributed by atoms with Crippen LogP contribution in [0.4, 0.5) is 0 Å². The Labute approximate surface area is 85.1 Å². The topological polar surface area (TPSA) is 46.2 Å². The molecule has 5 heteroatoms. The van der Waals surface area contributed by atoms with E-state index >= 15 is 0 Å². The lowest BCUT2D eigenvalue weighted by atomic mass is 10.4. The van der Waals surface area contributed by atoms with Gasteiger partial charge in [-0.15, -0.1) is 11.6 Å². The van der Waals surface area contributed by atoms with E-state index in [1.165, 1.54) is 6.26 Å². The van der Waals surface area contributed by atoms with Crippen LogP contribution in [0, 0.1) is 0 Å². The molecule has 0 fully saturated rings. The number of alkyl halides is 1. The first-order chi connectivity index (χ1) is 6.06. The minimum atomic E-state index is -2.80. The van der Waals surface area contributed by atoms with Crippen LogP contribution in [-0.4, -0.2) is 39.4 Å². The molecule has 0 heterocycles. The van der Waals surface area contributed by atoms with Crippen LogP contribution < -0.4 is 5.32 Å². The van der Waals surface area contributed by atoms with E-state index in [2.05, 4.69) is 5.32 Å². The molecule has 0 rings (SSSR count). The minimum Gasteiger partial charge on any atom is -0.313 e. The first kappa shape index (κ1) is 12.9. The molecule has 0 atom stereocenters. The van der Waals surface area contributed by atoms with Crippen molar-refractivity contribution in [3.05, 3.63) is 12.2 Å². The van der Waals surface area contributed by atoms with Crippen molar-refractivity contribution in [3.63, 3.8) is 0 Å². The average Bonchev–Trinajstić information content (AvgIpc) is 2.01. The number of sulfone groups is 1. The summed E-state index contributed by atoms with van der Waals surface area (Å²) in [6, 6.07) is 0. The average molecular weight is 226 g/mol. The van der Waals surface area contributed by atoms with Crippen molar-refractivity contribution < 1.29 is 8.42 Å². The standard InChI is InChI=1S/C8H16ClNO2S/c1-13(11,12)8-4-7-10-6-3-2-5-9/h2-3,10H,4-8H2,1H3/b3-2+. The molecule has 0 radical (unpaired) electrons. The van der Waals surface area contributed by atoms with Gasteiger partial charge in [-0.3, -0.25) is 0 Å². The zero-order valence-electron chi connectivity index (χ0n) is 7.79. The number of hydrogen-bond acceptors (Lipinski definition) is 3. The molecule has 0 spiro atoms. The summed E-state index contributed by atoms with van der Waals surface area (Å²) in [4.78, 5) is 0. The molecule has 0 aliphatic rings. The van der Waals surface area contributed by atoms with E-state index < -0.39 is 9.84 Å². The Bertz CT molecular complexity index is 237. The molecule has 0 unspecified atom stereocenters. The smallest absolute Gasteiger partial charge is 0.147 e. The van der Waals surface area contributed by atoms with Crippen molar-refractivity contribution in [1.29, 1.82) is 0 Å². The van der Waals surface area contributed by atoms with Gasteiger partial charge in [-0.1, -0.05) is 12.2 Å². The van der Waals surface area contributed by atoms with Crippen LogP contribution >= 0.6 is 11.6 Å². The monoisotopic (exact) mass is 225 g/mol. The van der Waals surface area contributed by atoms with Gasteiger partial charge in [0.25, 0.3) is 0 Å². The normalized spacial score (nSPS) is 12.5. The molecule has 0 bridgehead atoms. The first-order valence-corrected chi connectivity index (χ1v) is 6.75. The van der Waals surface area contributed by atoms with Crippen molar-refractivity contribution in [2.45, 2.75) is 6.42 Å². The predicted molar refractivity (Wildman–Crippen MR) is 57.1 cm³/mol. The van der Waals surface area contributed by atoms with Gasteiger partial charge >= 0.3 is 0 Å². The molecular formula is C8H16ClNO2S. The van der Waals surface area contributed by atoms with Gasteiger partial charge in [0.05, 0.1) is 5.75 Å². The van der Waals surface area contributed by atoms with E-state index in [0.29, 0.717) is 12.3 Å². The SMILES string of the molecule is CS(=O)(=O)CCCNC/C=C/CCl. The molecule has 0 aliphatic heterocycles. The summed E-state index contributed by atoms with van der Waals surface area (Å²) in [6.07, 6.45) is 5.69. The fourth-order valence-electron chi connectivity index (χ4n) is 0.791. The van der Waals surface area contributed by atoms with Crippen molar-refractivity contribution in [3.8, 4) is 0 Å². The van der Waals surface area contributed by atoms with Crippen molar-refractivity contribution in [2.75, 3.05) is 31.0 Å². The molecule has 0 aromatic carbocycles. The molecule has 0 saturated heterocycles. The molecule has 0 aromatic heterocycles. The van der Waals surface area contributed by atoms with Gasteiger partial charge in [-0.25, -0.2) is 8.42 Å². The van der Waals surface area contributed by atoms with E-state index in [0.717, 1.165) is 13.1 Å². The van der Waals surface area contributed by atoms with Gasteiger partial charge in [-0.2, -0.15) is 0 Å². The minimum absolute atomic E-state index is 0.249. The maximum Gasteiger partial charge on any atom is 0.147 e. The fraction of sp³-hybridized carbons (Fsp3) is 0.750. The first-order valence-electron chi connectivity index (χ1n) is 4.15. The fourth-order valence-corrected chi connectivity index (χ4v) is 1.59. The van der Waals surface area contributed by atoms with Gasteiger partial charge in [0, 0.05) is 18.7 Å². The second-order valence-electron chi connectivity index (χ2n) is 2.81. The number of nitrogens with one attached hydrogen (secondary N) is 1. The van der Waals surface area contributed by atoms with E-state index in [1.54, 1.807) is 0 Å². The molecule has 0 saturated carbocycles. The Morgan fingerprint density at radius 3 is 2.62 bits per heavy atom. The Kier molecular flexibility index (Phi) is 7.32. The number of hydrogen-bond donors (Lipinski definition) is 1. The van der Waals surface area contributed by atoms with Crippen LogP contribution in [0.2, 0.25) is 0 Å². The molecule has 13 heavy (non-hydrogen) atoms. The highest BCUT2D eigenvalue weighted by Crippen LogP contribution is 1.86. The van der Waals surface area contributed by atoms with Gasteiger partial charge < -0.3 is 5.32 Å². The maximum atomic E-state index is 10.7. The Hall–Kier alpha value is -0.0600. The summed E-state index contributed by atoms with van der Waals surface area (Å²) in [5, 5.41) is 3.08. The lowest BCUT2D eigenvalue weighted by Crippen LogP contribution is -2.18. The molecule has 0 aliphatic carbocycles. The second kappa shape index (κ2) is 7.35.